The summed E-state index contributed by atoms with van der Waals surface area (Å²) in [7, 11) is 2.72. The van der Waals surface area contributed by atoms with Crippen LogP contribution in [0, 0.1) is 20.8 Å². The Balaban J connectivity index is 2.41. The molecular weight excluding hydrogens is 352 g/mol. The van der Waals surface area contributed by atoms with Gasteiger partial charge in [-0.3, -0.25) is 14.2 Å². The Morgan fingerprint density at radius 1 is 1.15 bits per heavy atom. The first kappa shape index (κ1) is 18.6. The van der Waals surface area contributed by atoms with Gasteiger partial charge in [0.1, 0.15) is 6.54 Å². The lowest BCUT2D eigenvalue weighted by molar-refractivity contribution is -0.141. The summed E-state index contributed by atoms with van der Waals surface area (Å²) < 4.78 is 10.1. The van der Waals surface area contributed by atoms with Crippen LogP contribution in [0.15, 0.2) is 9.59 Å². The maximum Gasteiger partial charge on any atom is 0.333 e. The predicted molar refractivity (Wildman–Crippen MR) is 98.3 cm³/mol. The van der Waals surface area contributed by atoms with Gasteiger partial charge in [0.15, 0.2) is 11.2 Å². The molecule has 0 unspecified atom stereocenters. The molecule has 0 saturated heterocycles. The fourth-order valence-electron chi connectivity index (χ4n) is 3.07. The van der Waals surface area contributed by atoms with E-state index >= 15 is 0 Å². The van der Waals surface area contributed by atoms with Crippen molar-refractivity contribution in [1.82, 2.24) is 28.5 Å². The van der Waals surface area contributed by atoms with E-state index in [-0.39, 0.29) is 11.2 Å². The summed E-state index contributed by atoms with van der Waals surface area (Å²) in [6, 6.07) is 0. The summed E-state index contributed by atoms with van der Waals surface area (Å²) in [5, 5.41) is 4.51. The Labute approximate surface area is 154 Å². The molecule has 3 aromatic heterocycles. The highest BCUT2D eigenvalue weighted by Gasteiger charge is 2.23. The van der Waals surface area contributed by atoms with Gasteiger partial charge < -0.3 is 9.30 Å². The zero-order chi connectivity index (χ0) is 20.0. The molecule has 144 valence electrons. The average molecular weight is 374 g/mol. The number of imidazole rings is 1. The van der Waals surface area contributed by atoms with E-state index in [9.17, 15) is 14.4 Å². The summed E-state index contributed by atoms with van der Waals surface area (Å²) in [5.41, 5.74) is 2.06. The number of nitrogens with zero attached hydrogens (tertiary/aromatic N) is 6. The number of fused-ring (bicyclic) bond motifs is 1. The fraction of sp³-hybridized carbons (Fsp3) is 0.471. The summed E-state index contributed by atoms with van der Waals surface area (Å²) in [5.74, 6) is -0.227. The van der Waals surface area contributed by atoms with Crippen molar-refractivity contribution in [2.24, 2.45) is 7.05 Å². The first-order chi connectivity index (χ1) is 12.7. The molecule has 0 aromatic carbocycles. The van der Waals surface area contributed by atoms with Gasteiger partial charge in [0.05, 0.1) is 12.8 Å². The van der Waals surface area contributed by atoms with Crippen molar-refractivity contribution in [2.75, 3.05) is 7.11 Å². The molecule has 0 radical (unpaired) electrons. The Kier molecular flexibility index (Phi) is 4.50. The zero-order valence-corrected chi connectivity index (χ0v) is 16.2. The van der Waals surface area contributed by atoms with Crippen LogP contribution in [0.5, 0.6) is 0 Å². The first-order valence-corrected chi connectivity index (χ1v) is 8.52. The smallest absolute Gasteiger partial charge is 0.333 e. The molecule has 10 heteroatoms. The molecule has 0 saturated carbocycles. The third-order valence-electron chi connectivity index (χ3n) is 4.89. The van der Waals surface area contributed by atoms with Gasteiger partial charge in [-0.15, -0.1) is 0 Å². The van der Waals surface area contributed by atoms with Crippen LogP contribution in [0.2, 0.25) is 0 Å². The van der Waals surface area contributed by atoms with E-state index in [1.165, 1.54) is 18.7 Å². The number of carbonyl (C=O) groups excluding carboxylic acids is 1. The number of aromatic nitrogens is 6. The van der Waals surface area contributed by atoms with Crippen LogP contribution in [0.4, 0.5) is 0 Å². The minimum Gasteiger partial charge on any atom is -0.468 e. The number of hydrogen-bond donors (Lipinski definition) is 0. The fourth-order valence-corrected chi connectivity index (χ4v) is 3.07. The average Bonchev–Trinajstić information content (AvgIpc) is 3.16. The van der Waals surface area contributed by atoms with Crippen molar-refractivity contribution < 1.29 is 9.53 Å². The van der Waals surface area contributed by atoms with E-state index in [0.29, 0.717) is 12.5 Å². The highest BCUT2D eigenvalue weighted by molar-refractivity contribution is 5.74. The van der Waals surface area contributed by atoms with Crippen LogP contribution < -0.4 is 11.2 Å². The molecule has 3 aromatic rings. The third kappa shape index (κ3) is 2.68. The highest BCUT2D eigenvalue weighted by atomic mass is 16.5. The molecule has 3 rings (SSSR count). The Morgan fingerprint density at radius 2 is 1.81 bits per heavy atom. The maximum absolute atomic E-state index is 13.0. The van der Waals surface area contributed by atoms with Crippen LogP contribution in [-0.4, -0.2) is 41.5 Å². The quantitative estimate of drug-likeness (QED) is 0.604. The molecule has 0 amide bonds. The molecule has 0 atom stereocenters. The molecule has 0 spiro atoms. The van der Waals surface area contributed by atoms with E-state index < -0.39 is 23.8 Å². The van der Waals surface area contributed by atoms with Crippen LogP contribution in [0.3, 0.4) is 0 Å². The van der Waals surface area contributed by atoms with Crippen LogP contribution in [0.1, 0.15) is 23.9 Å². The van der Waals surface area contributed by atoms with Gasteiger partial charge in [-0.05, 0) is 33.3 Å². The second-order valence-electron chi connectivity index (χ2n) is 6.34. The minimum absolute atomic E-state index is 0.240. The second-order valence-corrected chi connectivity index (χ2v) is 6.34. The molecule has 0 N–H and O–H groups in total. The number of hydrogen-bond acceptors (Lipinski definition) is 6. The van der Waals surface area contributed by atoms with Gasteiger partial charge in [0.2, 0.25) is 5.95 Å². The lowest BCUT2D eigenvalue weighted by Gasteiger charge is -2.09. The summed E-state index contributed by atoms with van der Waals surface area (Å²) in [4.78, 5) is 41.7. The molecule has 0 aliphatic carbocycles. The van der Waals surface area contributed by atoms with Crippen LogP contribution in [0.25, 0.3) is 17.1 Å². The van der Waals surface area contributed by atoms with Crippen molar-refractivity contribution >= 4 is 17.1 Å². The molecule has 0 fully saturated rings. The topological polar surface area (TPSA) is 106 Å². The van der Waals surface area contributed by atoms with E-state index in [4.69, 9.17) is 0 Å². The molecule has 3 heterocycles. The standard InChI is InChI=1S/C17H22N6O4/c1-7-21-13-14(18-16(21)23-11(4)9(2)10(3)19-23)20(5)17(26)22(15(13)25)8-12(24)27-6/h7-8H2,1-6H3. The monoisotopic (exact) mass is 374 g/mol. The Bertz CT molecular complexity index is 1180. The lowest BCUT2D eigenvalue weighted by atomic mass is 10.2. The number of rotatable bonds is 4. The van der Waals surface area contributed by atoms with Crippen molar-refractivity contribution in [1.29, 1.82) is 0 Å². The molecule has 0 aliphatic rings. The SMILES string of the molecule is CCn1c(-n2nc(C)c(C)c2C)nc2c1c(=O)n(CC(=O)OC)c(=O)n2C. The number of esters is 1. The van der Waals surface area contributed by atoms with Gasteiger partial charge in [0.25, 0.3) is 5.56 Å². The number of aryl methyl sites for hydroxylation is 3. The van der Waals surface area contributed by atoms with Gasteiger partial charge >= 0.3 is 11.7 Å². The van der Waals surface area contributed by atoms with E-state index in [0.717, 1.165) is 21.5 Å². The van der Waals surface area contributed by atoms with Gasteiger partial charge in [-0.2, -0.15) is 10.1 Å². The number of methoxy groups -OCH3 is 1. The number of carbonyl (C=O) groups is 1. The van der Waals surface area contributed by atoms with Crippen molar-refractivity contribution in [2.45, 2.75) is 40.8 Å². The maximum atomic E-state index is 13.0. The number of ether oxygens (including phenoxy) is 1. The normalized spacial score (nSPS) is 11.3. The summed E-state index contributed by atoms with van der Waals surface area (Å²) in [6.07, 6.45) is 0. The lowest BCUT2D eigenvalue weighted by Crippen LogP contribution is -2.41. The third-order valence-corrected chi connectivity index (χ3v) is 4.89. The minimum atomic E-state index is -0.675. The molecule has 0 aliphatic heterocycles. The molecular formula is C17H22N6O4. The van der Waals surface area contributed by atoms with Crippen molar-refractivity contribution in [3.8, 4) is 5.95 Å². The van der Waals surface area contributed by atoms with Crippen LogP contribution >= 0.6 is 0 Å². The van der Waals surface area contributed by atoms with E-state index in [1.807, 2.05) is 27.7 Å². The second kappa shape index (κ2) is 6.53. The Morgan fingerprint density at radius 3 is 2.33 bits per heavy atom. The molecule has 0 bridgehead atoms. The Hall–Kier alpha value is -3.17. The van der Waals surface area contributed by atoms with Crippen LogP contribution in [-0.2, 0) is 29.7 Å². The van der Waals surface area contributed by atoms with E-state index in [2.05, 4.69) is 14.8 Å². The molecule has 27 heavy (non-hydrogen) atoms. The van der Waals surface area contributed by atoms with E-state index in [1.54, 1.807) is 9.25 Å². The van der Waals surface area contributed by atoms with Crippen molar-refractivity contribution in [3.63, 3.8) is 0 Å². The van der Waals surface area contributed by atoms with Gasteiger partial charge in [-0.1, -0.05) is 0 Å². The predicted octanol–water partition coefficient (Wildman–Crippen LogP) is 0.201. The highest BCUT2D eigenvalue weighted by Crippen LogP contribution is 2.19. The molecule has 10 nitrogen and oxygen atoms in total. The van der Waals surface area contributed by atoms with Crippen molar-refractivity contribution in [3.05, 3.63) is 37.8 Å². The largest absolute Gasteiger partial charge is 0.468 e. The zero-order valence-electron chi connectivity index (χ0n) is 16.2. The van der Waals surface area contributed by atoms with Gasteiger partial charge in [0, 0.05) is 19.3 Å². The summed E-state index contributed by atoms with van der Waals surface area (Å²) in [6.45, 7) is 7.64. The van der Waals surface area contributed by atoms with Gasteiger partial charge in [-0.25, -0.2) is 14.0 Å². The summed E-state index contributed by atoms with van der Waals surface area (Å²) >= 11 is 0. The first-order valence-electron chi connectivity index (χ1n) is 8.52.